The van der Waals surface area contributed by atoms with Crippen molar-refractivity contribution in [1.29, 1.82) is 0 Å². The van der Waals surface area contributed by atoms with Crippen molar-refractivity contribution in [2.75, 3.05) is 0 Å². The largest absolute Gasteiger partial charge is 0.327 e. The van der Waals surface area contributed by atoms with Crippen LogP contribution < -0.4 is 5.73 Å². The second-order valence-electron chi connectivity index (χ2n) is 5.49. The molecule has 0 saturated carbocycles. The van der Waals surface area contributed by atoms with Crippen molar-refractivity contribution in [3.05, 3.63) is 52.3 Å². The lowest BCUT2D eigenvalue weighted by atomic mass is 9.98. The van der Waals surface area contributed by atoms with Crippen molar-refractivity contribution in [1.82, 2.24) is 9.78 Å². The van der Waals surface area contributed by atoms with E-state index < -0.39 is 11.6 Å². The van der Waals surface area contributed by atoms with Gasteiger partial charge in [0.05, 0.1) is 5.69 Å². The maximum Gasteiger partial charge on any atom is 0.162 e. The fourth-order valence-electron chi connectivity index (χ4n) is 2.60. The maximum atomic E-state index is 13.6. The predicted molar refractivity (Wildman–Crippen MR) is 79.0 cm³/mol. The fraction of sp³-hybridized carbons (Fsp3) is 0.438. The van der Waals surface area contributed by atoms with Gasteiger partial charge in [0.2, 0.25) is 0 Å². The molecular formula is C16H21F2N3. The molecule has 0 fully saturated rings. The summed E-state index contributed by atoms with van der Waals surface area (Å²) >= 11 is 0. The van der Waals surface area contributed by atoms with Crippen LogP contribution >= 0.6 is 0 Å². The molecule has 0 aliphatic carbocycles. The van der Waals surface area contributed by atoms with E-state index in [1.54, 1.807) is 6.07 Å². The highest BCUT2D eigenvalue weighted by Crippen LogP contribution is 2.17. The molecule has 0 saturated heterocycles. The number of nitrogens with zero attached hydrogens (tertiary/aromatic N) is 2. The first-order valence-electron chi connectivity index (χ1n) is 7.07. The van der Waals surface area contributed by atoms with Crippen molar-refractivity contribution in [3.63, 3.8) is 0 Å². The van der Waals surface area contributed by atoms with Crippen LogP contribution in [0.25, 0.3) is 0 Å². The summed E-state index contributed by atoms with van der Waals surface area (Å²) in [7, 11) is 1.91. The van der Waals surface area contributed by atoms with Crippen molar-refractivity contribution in [3.8, 4) is 0 Å². The Bertz CT molecular complexity index is 635. The molecule has 114 valence electrons. The molecule has 2 N–H and O–H groups in total. The van der Waals surface area contributed by atoms with E-state index in [9.17, 15) is 8.78 Å². The quantitative estimate of drug-likeness (QED) is 0.921. The number of aromatic nitrogens is 2. The zero-order valence-corrected chi connectivity index (χ0v) is 12.7. The molecule has 1 unspecified atom stereocenters. The van der Waals surface area contributed by atoms with Gasteiger partial charge in [0, 0.05) is 18.8 Å². The summed E-state index contributed by atoms with van der Waals surface area (Å²) in [5.41, 5.74) is 9.71. The molecule has 0 aliphatic rings. The van der Waals surface area contributed by atoms with E-state index in [0.29, 0.717) is 18.4 Å². The molecule has 1 aromatic heterocycles. The van der Waals surface area contributed by atoms with Crippen LogP contribution in [-0.2, 0) is 19.9 Å². The van der Waals surface area contributed by atoms with Gasteiger partial charge in [-0.3, -0.25) is 4.68 Å². The van der Waals surface area contributed by atoms with Crippen LogP contribution in [-0.4, -0.2) is 15.8 Å². The third kappa shape index (κ3) is 3.47. The van der Waals surface area contributed by atoms with Crippen molar-refractivity contribution >= 4 is 0 Å². The van der Waals surface area contributed by atoms with Crippen molar-refractivity contribution in [2.45, 2.75) is 39.2 Å². The van der Waals surface area contributed by atoms with Crippen LogP contribution in [0.4, 0.5) is 8.78 Å². The minimum Gasteiger partial charge on any atom is -0.327 e. The first-order valence-corrected chi connectivity index (χ1v) is 7.07. The number of halogens is 2. The summed E-state index contributed by atoms with van der Waals surface area (Å²) in [4.78, 5) is 0. The van der Waals surface area contributed by atoms with Crippen LogP contribution in [0.2, 0.25) is 0 Å². The standard InChI is InChI=1S/C16H21F2N3/c1-10-14(11(2)21(3)20-10)8-7-13(19)9-12-5-4-6-15(17)16(12)18/h4-6,13H,7-9,19H2,1-3H3. The van der Waals surface area contributed by atoms with E-state index >= 15 is 0 Å². The van der Waals surface area contributed by atoms with Gasteiger partial charge < -0.3 is 5.73 Å². The molecule has 2 aromatic rings. The number of hydrogen-bond donors (Lipinski definition) is 1. The third-order valence-corrected chi connectivity index (χ3v) is 3.94. The van der Waals surface area contributed by atoms with Crippen molar-refractivity contribution < 1.29 is 8.78 Å². The summed E-state index contributed by atoms with van der Waals surface area (Å²) in [6, 6.07) is 4.00. The minimum absolute atomic E-state index is 0.208. The third-order valence-electron chi connectivity index (χ3n) is 3.94. The molecule has 3 nitrogen and oxygen atoms in total. The molecule has 0 radical (unpaired) electrons. The van der Waals surface area contributed by atoms with Crippen LogP contribution in [0.5, 0.6) is 0 Å². The normalized spacial score (nSPS) is 12.7. The lowest BCUT2D eigenvalue weighted by Crippen LogP contribution is -2.24. The Morgan fingerprint density at radius 2 is 2.00 bits per heavy atom. The Kier molecular flexibility index (Phi) is 4.73. The van der Waals surface area contributed by atoms with E-state index in [4.69, 9.17) is 5.73 Å². The maximum absolute atomic E-state index is 13.6. The van der Waals surface area contributed by atoms with E-state index in [-0.39, 0.29) is 6.04 Å². The Hall–Kier alpha value is -1.75. The lowest BCUT2D eigenvalue weighted by Gasteiger charge is -2.12. The number of benzene rings is 1. The number of hydrogen-bond acceptors (Lipinski definition) is 2. The number of aryl methyl sites for hydroxylation is 2. The van der Waals surface area contributed by atoms with Gasteiger partial charge in [-0.1, -0.05) is 12.1 Å². The van der Waals surface area contributed by atoms with Crippen LogP contribution in [0, 0.1) is 25.5 Å². The highest BCUT2D eigenvalue weighted by atomic mass is 19.2. The average molecular weight is 293 g/mol. The summed E-state index contributed by atoms with van der Waals surface area (Å²) in [5.74, 6) is -1.61. The molecule has 0 spiro atoms. The molecule has 5 heteroatoms. The van der Waals surface area contributed by atoms with Gasteiger partial charge in [-0.15, -0.1) is 0 Å². The van der Waals surface area contributed by atoms with Gasteiger partial charge >= 0.3 is 0 Å². The zero-order valence-electron chi connectivity index (χ0n) is 12.7. The molecule has 1 atom stereocenters. The Balaban J connectivity index is 1.99. The Morgan fingerprint density at radius 1 is 1.29 bits per heavy atom. The molecule has 0 bridgehead atoms. The SMILES string of the molecule is Cc1nn(C)c(C)c1CCC(N)Cc1cccc(F)c1F. The van der Waals surface area contributed by atoms with Crippen molar-refractivity contribution in [2.24, 2.45) is 12.8 Å². The van der Waals surface area contributed by atoms with Crippen LogP contribution in [0.3, 0.4) is 0 Å². The van der Waals surface area contributed by atoms with Gasteiger partial charge in [0.15, 0.2) is 11.6 Å². The van der Waals surface area contributed by atoms with Gasteiger partial charge in [-0.2, -0.15) is 5.10 Å². The second-order valence-corrected chi connectivity index (χ2v) is 5.49. The molecule has 21 heavy (non-hydrogen) atoms. The van der Waals surface area contributed by atoms with Crippen LogP contribution in [0.1, 0.15) is 28.9 Å². The van der Waals surface area contributed by atoms with Gasteiger partial charge in [0.1, 0.15) is 0 Å². The Labute approximate surface area is 123 Å². The second kappa shape index (κ2) is 6.35. The number of nitrogens with two attached hydrogens (primary N) is 1. The molecule has 2 rings (SSSR count). The van der Waals surface area contributed by atoms with E-state index in [2.05, 4.69) is 5.10 Å². The van der Waals surface area contributed by atoms with E-state index in [0.717, 1.165) is 23.9 Å². The van der Waals surface area contributed by atoms with Crippen LogP contribution in [0.15, 0.2) is 18.2 Å². The van der Waals surface area contributed by atoms with E-state index in [1.807, 2.05) is 25.6 Å². The monoisotopic (exact) mass is 293 g/mol. The van der Waals surface area contributed by atoms with Gasteiger partial charge in [-0.25, -0.2) is 8.78 Å². The lowest BCUT2D eigenvalue weighted by molar-refractivity contribution is 0.489. The first kappa shape index (κ1) is 15.6. The molecule has 1 aromatic carbocycles. The fourth-order valence-corrected chi connectivity index (χ4v) is 2.60. The summed E-state index contributed by atoms with van der Waals surface area (Å²) in [6.07, 6.45) is 1.84. The minimum atomic E-state index is -0.821. The highest BCUT2D eigenvalue weighted by Gasteiger charge is 2.14. The topological polar surface area (TPSA) is 43.8 Å². The van der Waals surface area contributed by atoms with E-state index in [1.165, 1.54) is 11.6 Å². The predicted octanol–water partition coefficient (Wildman–Crippen LogP) is 2.82. The Morgan fingerprint density at radius 3 is 2.62 bits per heavy atom. The molecular weight excluding hydrogens is 272 g/mol. The molecule has 0 amide bonds. The average Bonchev–Trinajstić information content (AvgIpc) is 2.67. The first-order chi connectivity index (χ1) is 9.90. The van der Waals surface area contributed by atoms with Gasteiger partial charge in [-0.05, 0) is 50.3 Å². The summed E-state index contributed by atoms with van der Waals surface area (Å²) < 4.78 is 28.6. The summed E-state index contributed by atoms with van der Waals surface area (Å²) in [6.45, 7) is 3.99. The number of rotatable bonds is 5. The summed E-state index contributed by atoms with van der Waals surface area (Å²) in [5, 5.41) is 4.36. The zero-order chi connectivity index (χ0) is 15.6. The smallest absolute Gasteiger partial charge is 0.162 e. The highest BCUT2D eigenvalue weighted by molar-refractivity contribution is 5.25. The van der Waals surface area contributed by atoms with Gasteiger partial charge in [0.25, 0.3) is 0 Å². The molecule has 1 heterocycles. The molecule has 0 aliphatic heterocycles.